The fourth-order valence-corrected chi connectivity index (χ4v) is 2.93. The first-order valence-electron chi connectivity index (χ1n) is 8.88. The van der Waals surface area contributed by atoms with Gasteiger partial charge in [0.25, 0.3) is 0 Å². The van der Waals surface area contributed by atoms with Gasteiger partial charge in [-0.3, -0.25) is 0 Å². The highest BCUT2D eigenvalue weighted by atomic mass is 16.5. The molecule has 0 fully saturated rings. The molecule has 0 saturated heterocycles. The van der Waals surface area contributed by atoms with Gasteiger partial charge in [0.05, 0.1) is 26.7 Å². The Balaban J connectivity index is 0.000000161. The SMILES string of the molecule is COc1cccc2cc(CC#N)oc12.COc1cccc2cc(CCN)oc12. The minimum Gasteiger partial charge on any atom is -0.493 e. The van der Waals surface area contributed by atoms with Gasteiger partial charge in [0.15, 0.2) is 22.7 Å². The van der Waals surface area contributed by atoms with Crippen molar-refractivity contribution in [3.05, 3.63) is 60.1 Å². The third kappa shape index (κ3) is 4.11. The molecule has 0 aliphatic rings. The topological polar surface area (TPSA) is 94.5 Å². The minimum atomic E-state index is 0.290. The zero-order valence-electron chi connectivity index (χ0n) is 15.9. The van der Waals surface area contributed by atoms with Gasteiger partial charge in [-0.25, -0.2) is 0 Å². The summed E-state index contributed by atoms with van der Waals surface area (Å²) < 4.78 is 21.4. The molecule has 0 spiro atoms. The van der Waals surface area contributed by atoms with Gasteiger partial charge in [0.2, 0.25) is 0 Å². The van der Waals surface area contributed by atoms with E-state index in [1.54, 1.807) is 14.2 Å². The fraction of sp³-hybridized carbons (Fsp3) is 0.227. The zero-order chi connectivity index (χ0) is 19.9. The molecule has 144 valence electrons. The lowest BCUT2D eigenvalue weighted by molar-refractivity contribution is 0.407. The Morgan fingerprint density at radius 2 is 1.43 bits per heavy atom. The summed E-state index contributed by atoms with van der Waals surface area (Å²) in [6.45, 7) is 0.599. The van der Waals surface area contributed by atoms with Gasteiger partial charge in [-0.15, -0.1) is 0 Å². The second-order valence-corrected chi connectivity index (χ2v) is 6.06. The molecular weight excluding hydrogens is 356 g/mol. The molecule has 0 atom stereocenters. The van der Waals surface area contributed by atoms with E-state index >= 15 is 0 Å². The van der Waals surface area contributed by atoms with Crippen molar-refractivity contribution in [3.8, 4) is 17.6 Å². The number of hydrogen-bond donors (Lipinski definition) is 1. The summed E-state index contributed by atoms with van der Waals surface area (Å²) >= 11 is 0. The zero-order valence-corrected chi connectivity index (χ0v) is 15.9. The quantitative estimate of drug-likeness (QED) is 0.551. The first kappa shape index (κ1) is 19.3. The molecule has 0 aliphatic carbocycles. The van der Waals surface area contributed by atoms with Crippen LogP contribution >= 0.6 is 0 Å². The highest BCUT2D eigenvalue weighted by molar-refractivity contribution is 5.84. The van der Waals surface area contributed by atoms with Gasteiger partial charge in [0.1, 0.15) is 11.5 Å². The minimum absolute atomic E-state index is 0.290. The number of methoxy groups -OCH3 is 2. The Labute approximate surface area is 163 Å². The lowest BCUT2D eigenvalue weighted by atomic mass is 10.2. The number of nitriles is 1. The number of hydrogen-bond acceptors (Lipinski definition) is 6. The van der Waals surface area contributed by atoms with Crippen LogP contribution in [-0.4, -0.2) is 20.8 Å². The van der Waals surface area contributed by atoms with Gasteiger partial charge in [0, 0.05) is 17.2 Å². The van der Waals surface area contributed by atoms with E-state index in [0.29, 0.717) is 23.6 Å². The first-order valence-corrected chi connectivity index (χ1v) is 8.88. The Bertz CT molecular complexity index is 1100. The maximum absolute atomic E-state index is 8.53. The summed E-state index contributed by atoms with van der Waals surface area (Å²) in [5.74, 6) is 3.05. The second kappa shape index (κ2) is 8.98. The Hall–Kier alpha value is -3.43. The first-order chi connectivity index (χ1) is 13.7. The molecule has 0 bridgehead atoms. The molecule has 2 aromatic carbocycles. The summed E-state index contributed by atoms with van der Waals surface area (Å²) in [5, 5.41) is 10.6. The summed E-state index contributed by atoms with van der Waals surface area (Å²) in [6.07, 6.45) is 1.05. The standard InChI is InChI=1S/C11H13NO2.C11H9NO2/c2*1-13-10-4-2-3-8-7-9(5-6-12)14-11(8)10/h2-4,7H,5-6,12H2,1H3;2-4,7H,5H2,1H3. The van der Waals surface area contributed by atoms with Crippen LogP contribution in [0.3, 0.4) is 0 Å². The average Bonchev–Trinajstić information content (AvgIpc) is 3.31. The predicted molar refractivity (Wildman–Crippen MR) is 108 cm³/mol. The molecule has 0 unspecified atom stereocenters. The van der Waals surface area contributed by atoms with E-state index in [9.17, 15) is 0 Å². The number of furan rings is 2. The smallest absolute Gasteiger partial charge is 0.176 e. The third-order valence-corrected chi connectivity index (χ3v) is 4.20. The largest absolute Gasteiger partial charge is 0.493 e. The van der Waals surface area contributed by atoms with Crippen molar-refractivity contribution in [1.82, 2.24) is 0 Å². The fourth-order valence-electron chi connectivity index (χ4n) is 2.93. The Morgan fingerprint density at radius 3 is 1.93 bits per heavy atom. The van der Waals surface area contributed by atoms with Crippen molar-refractivity contribution < 1.29 is 18.3 Å². The van der Waals surface area contributed by atoms with Crippen LogP contribution in [0.1, 0.15) is 11.5 Å². The number of benzene rings is 2. The van der Waals surface area contributed by atoms with Gasteiger partial charge in [-0.1, -0.05) is 24.3 Å². The van der Waals surface area contributed by atoms with Crippen LogP contribution in [0.5, 0.6) is 11.5 Å². The molecule has 2 aromatic heterocycles. The maximum atomic E-state index is 8.53. The van der Waals surface area contributed by atoms with Crippen LogP contribution in [0.4, 0.5) is 0 Å². The van der Waals surface area contributed by atoms with Crippen LogP contribution in [-0.2, 0) is 12.8 Å². The molecule has 4 rings (SSSR count). The normalized spacial score (nSPS) is 10.4. The summed E-state index contributed by atoms with van der Waals surface area (Å²) in [5.41, 5.74) is 6.97. The molecule has 0 saturated carbocycles. The van der Waals surface area contributed by atoms with Crippen LogP contribution in [0, 0.1) is 11.3 Å². The highest BCUT2D eigenvalue weighted by Gasteiger charge is 2.08. The van der Waals surface area contributed by atoms with E-state index in [2.05, 4.69) is 0 Å². The molecule has 0 aliphatic heterocycles. The molecule has 2 heterocycles. The third-order valence-electron chi connectivity index (χ3n) is 4.20. The summed E-state index contributed by atoms with van der Waals surface area (Å²) in [6, 6.07) is 17.4. The molecule has 28 heavy (non-hydrogen) atoms. The van der Waals surface area contributed by atoms with Crippen molar-refractivity contribution >= 4 is 21.9 Å². The number of para-hydroxylation sites is 2. The van der Waals surface area contributed by atoms with Crippen molar-refractivity contribution in [2.45, 2.75) is 12.8 Å². The average molecular weight is 378 g/mol. The monoisotopic (exact) mass is 378 g/mol. The highest BCUT2D eigenvalue weighted by Crippen LogP contribution is 2.29. The van der Waals surface area contributed by atoms with E-state index in [-0.39, 0.29) is 6.42 Å². The van der Waals surface area contributed by atoms with Gasteiger partial charge in [-0.05, 0) is 30.8 Å². The summed E-state index contributed by atoms with van der Waals surface area (Å²) in [4.78, 5) is 0. The lowest BCUT2D eigenvalue weighted by Gasteiger charge is -1.98. The van der Waals surface area contributed by atoms with Gasteiger partial charge in [-0.2, -0.15) is 5.26 Å². The molecule has 4 aromatic rings. The van der Waals surface area contributed by atoms with Crippen molar-refractivity contribution in [1.29, 1.82) is 5.26 Å². The van der Waals surface area contributed by atoms with Crippen molar-refractivity contribution in [2.24, 2.45) is 5.73 Å². The van der Waals surface area contributed by atoms with E-state index in [1.807, 2.05) is 54.6 Å². The molecular formula is C22H22N2O4. The molecule has 6 heteroatoms. The van der Waals surface area contributed by atoms with Crippen LogP contribution in [0.2, 0.25) is 0 Å². The number of fused-ring (bicyclic) bond motifs is 2. The van der Waals surface area contributed by atoms with Gasteiger partial charge < -0.3 is 24.0 Å². The number of nitrogens with two attached hydrogens (primary N) is 1. The van der Waals surface area contributed by atoms with Crippen LogP contribution < -0.4 is 15.2 Å². The Kier molecular flexibility index (Phi) is 6.20. The maximum Gasteiger partial charge on any atom is 0.176 e. The predicted octanol–water partition coefficient (Wildman–Crippen LogP) is 4.45. The van der Waals surface area contributed by atoms with E-state index in [0.717, 1.165) is 34.3 Å². The van der Waals surface area contributed by atoms with Crippen LogP contribution in [0.15, 0.2) is 57.4 Å². The summed E-state index contributed by atoms with van der Waals surface area (Å²) in [7, 11) is 3.24. The van der Waals surface area contributed by atoms with E-state index in [1.165, 1.54) is 0 Å². The van der Waals surface area contributed by atoms with E-state index in [4.69, 9.17) is 29.3 Å². The Morgan fingerprint density at radius 1 is 0.893 bits per heavy atom. The number of nitrogens with zero attached hydrogens (tertiary/aromatic N) is 1. The molecule has 0 amide bonds. The lowest BCUT2D eigenvalue weighted by Crippen LogP contribution is -2.01. The molecule has 2 N–H and O–H groups in total. The molecule has 6 nitrogen and oxygen atoms in total. The van der Waals surface area contributed by atoms with Crippen molar-refractivity contribution in [2.75, 3.05) is 20.8 Å². The van der Waals surface area contributed by atoms with Crippen LogP contribution in [0.25, 0.3) is 21.9 Å². The van der Waals surface area contributed by atoms with Crippen molar-refractivity contribution in [3.63, 3.8) is 0 Å². The van der Waals surface area contributed by atoms with E-state index < -0.39 is 0 Å². The van der Waals surface area contributed by atoms with Gasteiger partial charge >= 0.3 is 0 Å². The second-order valence-electron chi connectivity index (χ2n) is 6.06. The number of ether oxygens (including phenoxy) is 2. The number of rotatable bonds is 5. The molecule has 0 radical (unpaired) electrons.